The van der Waals surface area contributed by atoms with Crippen LogP contribution in [-0.2, 0) is 4.74 Å². The minimum atomic E-state index is 0.365. The van der Waals surface area contributed by atoms with E-state index in [-0.39, 0.29) is 0 Å². The van der Waals surface area contributed by atoms with Crippen LogP contribution in [0.15, 0.2) is 10.8 Å². The predicted octanol–water partition coefficient (Wildman–Crippen LogP) is 1.19. The van der Waals surface area contributed by atoms with E-state index in [4.69, 9.17) is 10.5 Å². The lowest BCUT2D eigenvalue weighted by Gasteiger charge is -2.09. The van der Waals surface area contributed by atoms with Crippen molar-refractivity contribution in [3.05, 3.63) is 10.8 Å². The molecule has 5 heteroatoms. The Balaban J connectivity index is 2.25. The van der Waals surface area contributed by atoms with E-state index in [1.54, 1.807) is 0 Å². The van der Waals surface area contributed by atoms with Crippen molar-refractivity contribution in [1.29, 1.82) is 0 Å². The van der Waals surface area contributed by atoms with Crippen molar-refractivity contribution in [2.75, 3.05) is 18.9 Å². The molecule has 0 amide bonds. The summed E-state index contributed by atoms with van der Waals surface area (Å²) >= 11 is 3.28. The van der Waals surface area contributed by atoms with E-state index in [9.17, 15) is 0 Å². The highest BCUT2D eigenvalue weighted by Crippen LogP contribution is 2.23. The lowest BCUT2D eigenvalue weighted by atomic mass is 10.2. The topological polar surface area (TPSA) is 53.1 Å². The van der Waals surface area contributed by atoms with Crippen LogP contribution in [0.1, 0.15) is 12.5 Å². The number of anilines is 1. The molecule has 12 heavy (non-hydrogen) atoms. The van der Waals surface area contributed by atoms with Gasteiger partial charge in [-0.25, -0.2) is 4.98 Å². The summed E-state index contributed by atoms with van der Waals surface area (Å²) in [6.45, 7) is 1.56. The quantitative estimate of drug-likeness (QED) is 0.791. The maximum absolute atomic E-state index is 5.69. The van der Waals surface area contributed by atoms with Crippen LogP contribution in [0.3, 0.4) is 0 Å². The van der Waals surface area contributed by atoms with E-state index < -0.39 is 0 Å². The fourth-order valence-electron chi connectivity index (χ4n) is 1.41. The number of hydrogen-bond acceptors (Lipinski definition) is 3. The Hall–Kier alpha value is -0.550. The Kier molecular flexibility index (Phi) is 2.06. The van der Waals surface area contributed by atoms with Crippen molar-refractivity contribution in [2.24, 2.45) is 0 Å². The fraction of sp³-hybridized carbons (Fsp3) is 0.571. The van der Waals surface area contributed by atoms with Gasteiger partial charge in [0.25, 0.3) is 0 Å². The average molecular weight is 232 g/mol. The van der Waals surface area contributed by atoms with Crippen molar-refractivity contribution >= 4 is 21.9 Å². The SMILES string of the molecule is Nc1nc(Br)cn1C1CCOC1. The minimum Gasteiger partial charge on any atom is -0.379 e. The van der Waals surface area contributed by atoms with E-state index in [1.807, 2.05) is 10.8 Å². The fourth-order valence-corrected chi connectivity index (χ4v) is 1.81. The molecule has 1 aliphatic rings. The summed E-state index contributed by atoms with van der Waals surface area (Å²) in [4.78, 5) is 4.06. The number of nitrogens with two attached hydrogens (primary N) is 1. The third-order valence-electron chi connectivity index (χ3n) is 2.03. The van der Waals surface area contributed by atoms with E-state index in [1.165, 1.54) is 0 Å². The maximum Gasteiger partial charge on any atom is 0.201 e. The molecular weight excluding hydrogens is 222 g/mol. The summed E-state index contributed by atoms with van der Waals surface area (Å²) in [5, 5.41) is 0. The number of halogens is 1. The molecule has 0 aliphatic carbocycles. The molecule has 1 aromatic rings. The highest BCUT2D eigenvalue weighted by Gasteiger charge is 2.19. The molecule has 2 N–H and O–H groups in total. The van der Waals surface area contributed by atoms with Crippen LogP contribution in [0, 0.1) is 0 Å². The monoisotopic (exact) mass is 231 g/mol. The van der Waals surface area contributed by atoms with Gasteiger partial charge in [-0.3, -0.25) is 0 Å². The third-order valence-corrected chi connectivity index (χ3v) is 2.41. The van der Waals surface area contributed by atoms with Gasteiger partial charge in [0.05, 0.1) is 12.6 Å². The number of aromatic nitrogens is 2. The summed E-state index contributed by atoms with van der Waals surface area (Å²) < 4.78 is 8.00. The van der Waals surface area contributed by atoms with Crippen LogP contribution in [-0.4, -0.2) is 22.8 Å². The smallest absolute Gasteiger partial charge is 0.201 e. The molecule has 0 spiro atoms. The van der Waals surface area contributed by atoms with Gasteiger partial charge in [-0.05, 0) is 22.4 Å². The molecule has 0 bridgehead atoms. The Morgan fingerprint density at radius 3 is 3.08 bits per heavy atom. The van der Waals surface area contributed by atoms with Crippen molar-refractivity contribution in [1.82, 2.24) is 9.55 Å². The van der Waals surface area contributed by atoms with Gasteiger partial charge < -0.3 is 15.0 Å². The minimum absolute atomic E-state index is 0.365. The molecule has 1 atom stereocenters. The Labute approximate surface area is 78.8 Å². The average Bonchev–Trinajstić information content (AvgIpc) is 2.58. The van der Waals surface area contributed by atoms with Crippen LogP contribution in [0.5, 0.6) is 0 Å². The Bertz CT molecular complexity index is 280. The van der Waals surface area contributed by atoms with Gasteiger partial charge in [0.1, 0.15) is 4.60 Å². The molecule has 4 nitrogen and oxygen atoms in total. The third kappa shape index (κ3) is 1.34. The first-order valence-electron chi connectivity index (χ1n) is 3.85. The molecule has 66 valence electrons. The van der Waals surface area contributed by atoms with Crippen molar-refractivity contribution in [3.63, 3.8) is 0 Å². The number of hydrogen-bond donors (Lipinski definition) is 1. The number of rotatable bonds is 1. The van der Waals surface area contributed by atoms with Crippen LogP contribution >= 0.6 is 15.9 Å². The summed E-state index contributed by atoms with van der Waals surface area (Å²) in [6, 6.07) is 0.365. The largest absolute Gasteiger partial charge is 0.379 e. The normalized spacial score (nSPS) is 23.2. The molecule has 0 saturated carbocycles. The molecule has 1 aliphatic heterocycles. The predicted molar refractivity (Wildman–Crippen MR) is 48.8 cm³/mol. The molecule has 2 heterocycles. The van der Waals surface area contributed by atoms with Gasteiger partial charge in [0.2, 0.25) is 5.95 Å². The summed E-state index contributed by atoms with van der Waals surface area (Å²) in [5.74, 6) is 0.553. The van der Waals surface area contributed by atoms with E-state index in [0.29, 0.717) is 12.0 Å². The van der Waals surface area contributed by atoms with Crippen molar-refractivity contribution in [3.8, 4) is 0 Å². The Morgan fingerprint density at radius 1 is 1.75 bits per heavy atom. The van der Waals surface area contributed by atoms with Gasteiger partial charge in [-0.1, -0.05) is 0 Å². The first-order chi connectivity index (χ1) is 5.77. The van der Waals surface area contributed by atoms with Crippen molar-refractivity contribution < 1.29 is 4.74 Å². The molecule has 1 aromatic heterocycles. The van der Waals surface area contributed by atoms with E-state index in [2.05, 4.69) is 20.9 Å². The zero-order valence-electron chi connectivity index (χ0n) is 6.53. The second-order valence-corrected chi connectivity index (χ2v) is 3.66. The summed E-state index contributed by atoms with van der Waals surface area (Å²) in [5.41, 5.74) is 5.69. The van der Waals surface area contributed by atoms with Gasteiger partial charge >= 0.3 is 0 Å². The lowest BCUT2D eigenvalue weighted by Crippen LogP contribution is -2.10. The van der Waals surface area contributed by atoms with Crippen LogP contribution in [0.4, 0.5) is 5.95 Å². The zero-order chi connectivity index (χ0) is 8.55. The molecule has 0 aromatic carbocycles. The molecule has 2 rings (SSSR count). The molecule has 0 radical (unpaired) electrons. The van der Waals surface area contributed by atoms with Gasteiger partial charge in [-0.15, -0.1) is 0 Å². The molecule has 1 fully saturated rings. The lowest BCUT2D eigenvalue weighted by molar-refractivity contribution is 0.187. The van der Waals surface area contributed by atoms with Gasteiger partial charge in [-0.2, -0.15) is 0 Å². The summed E-state index contributed by atoms with van der Waals surface area (Å²) in [6.07, 6.45) is 2.92. The number of nitrogen functional groups attached to an aromatic ring is 1. The van der Waals surface area contributed by atoms with Gasteiger partial charge in [0, 0.05) is 12.8 Å². The highest BCUT2D eigenvalue weighted by molar-refractivity contribution is 9.10. The Morgan fingerprint density at radius 2 is 2.58 bits per heavy atom. The van der Waals surface area contributed by atoms with E-state index in [0.717, 1.165) is 24.2 Å². The molecule has 1 unspecified atom stereocenters. The van der Waals surface area contributed by atoms with Crippen LogP contribution in [0.2, 0.25) is 0 Å². The number of ether oxygens (including phenoxy) is 1. The van der Waals surface area contributed by atoms with Crippen molar-refractivity contribution in [2.45, 2.75) is 12.5 Å². The maximum atomic E-state index is 5.69. The first-order valence-corrected chi connectivity index (χ1v) is 4.64. The highest BCUT2D eigenvalue weighted by atomic mass is 79.9. The number of imidazole rings is 1. The second-order valence-electron chi connectivity index (χ2n) is 2.85. The number of nitrogens with zero attached hydrogens (tertiary/aromatic N) is 2. The summed E-state index contributed by atoms with van der Waals surface area (Å²) in [7, 11) is 0. The first kappa shape index (κ1) is 8.07. The van der Waals surface area contributed by atoms with Crippen LogP contribution < -0.4 is 5.73 Å². The zero-order valence-corrected chi connectivity index (χ0v) is 8.12. The molecular formula is C7H10BrN3O. The standard InChI is InChI=1S/C7H10BrN3O/c8-6-3-11(7(9)10-6)5-1-2-12-4-5/h3,5H,1-2,4H2,(H2,9,10). The molecule has 1 saturated heterocycles. The second kappa shape index (κ2) is 3.06. The van der Waals surface area contributed by atoms with Crippen LogP contribution in [0.25, 0.3) is 0 Å². The van der Waals surface area contributed by atoms with E-state index >= 15 is 0 Å². The van der Waals surface area contributed by atoms with Gasteiger partial charge in [0.15, 0.2) is 0 Å².